The Bertz CT molecular complexity index is 2470. The molecule has 0 spiro atoms. The maximum absolute atomic E-state index is 5.13. The predicted octanol–water partition coefficient (Wildman–Crippen LogP) is 9.60. The second-order valence-electron chi connectivity index (χ2n) is 11.1. The lowest BCUT2D eigenvalue weighted by atomic mass is 9.99. The van der Waals surface area contributed by atoms with Gasteiger partial charge in [0.2, 0.25) is 0 Å². The van der Waals surface area contributed by atoms with Gasteiger partial charge in [0, 0.05) is 33.0 Å². The maximum Gasteiger partial charge on any atom is 0.164 e. The second-order valence-corrected chi connectivity index (χ2v) is 11.1. The van der Waals surface area contributed by atoms with E-state index in [1.54, 1.807) is 0 Å². The van der Waals surface area contributed by atoms with Crippen LogP contribution in [-0.4, -0.2) is 24.3 Å². The number of aromatic nitrogens is 5. The Morgan fingerprint density at radius 3 is 1.71 bits per heavy atom. The lowest BCUT2D eigenvalue weighted by Crippen LogP contribution is -2.01. The molecule has 0 aliphatic carbocycles. The van der Waals surface area contributed by atoms with E-state index in [0.29, 0.717) is 17.5 Å². The van der Waals surface area contributed by atoms with E-state index in [1.165, 1.54) is 5.39 Å². The Hall–Kier alpha value is -6.20. The average Bonchev–Trinajstić information content (AvgIpc) is 3.68. The summed E-state index contributed by atoms with van der Waals surface area (Å²) in [6.45, 7) is 0. The second kappa shape index (κ2) is 10.2. The molecule has 0 saturated heterocycles. The topological polar surface area (TPSA) is 56.0 Å². The van der Waals surface area contributed by atoms with Gasteiger partial charge in [-0.3, -0.25) is 4.40 Å². The van der Waals surface area contributed by atoms with E-state index in [-0.39, 0.29) is 0 Å². The summed E-state index contributed by atoms with van der Waals surface area (Å²) in [5.74, 6) is 1.90. The first-order chi connectivity index (χ1) is 22.3. The Labute approximate surface area is 259 Å². The fraction of sp³-hybridized carbons (Fsp3) is 0. The molecule has 9 aromatic rings. The van der Waals surface area contributed by atoms with Crippen molar-refractivity contribution in [2.24, 2.45) is 0 Å². The van der Waals surface area contributed by atoms with Crippen molar-refractivity contribution in [3.05, 3.63) is 152 Å². The third-order valence-electron chi connectivity index (χ3n) is 8.42. The lowest BCUT2D eigenvalue weighted by molar-refractivity contribution is 1.07. The molecule has 0 aliphatic heterocycles. The van der Waals surface area contributed by atoms with Crippen LogP contribution in [0, 0.1) is 0 Å². The molecule has 5 nitrogen and oxygen atoms in total. The van der Waals surface area contributed by atoms with Crippen LogP contribution < -0.4 is 0 Å². The predicted molar refractivity (Wildman–Crippen MR) is 182 cm³/mol. The van der Waals surface area contributed by atoms with Crippen molar-refractivity contribution in [3.8, 4) is 56.5 Å². The molecule has 0 atom stereocenters. The molecular formula is C40H25N5. The zero-order valence-corrected chi connectivity index (χ0v) is 24.2. The number of pyridine rings is 1. The highest BCUT2D eigenvalue weighted by atomic mass is 15.0. The van der Waals surface area contributed by atoms with Gasteiger partial charge in [-0.25, -0.2) is 19.9 Å². The van der Waals surface area contributed by atoms with Gasteiger partial charge < -0.3 is 0 Å². The van der Waals surface area contributed by atoms with Gasteiger partial charge in [-0.2, -0.15) is 0 Å². The zero-order chi connectivity index (χ0) is 29.7. The minimum absolute atomic E-state index is 0.627. The third-order valence-corrected chi connectivity index (χ3v) is 8.42. The van der Waals surface area contributed by atoms with Gasteiger partial charge in [0.25, 0.3) is 0 Å². The van der Waals surface area contributed by atoms with Gasteiger partial charge in [0.15, 0.2) is 17.5 Å². The van der Waals surface area contributed by atoms with E-state index in [0.717, 1.165) is 61.1 Å². The first-order valence-electron chi connectivity index (χ1n) is 15.0. The van der Waals surface area contributed by atoms with Crippen LogP contribution >= 0.6 is 0 Å². The number of fused-ring (bicyclic) bond motifs is 3. The molecule has 0 unspecified atom stereocenters. The van der Waals surface area contributed by atoms with Gasteiger partial charge in [0.1, 0.15) is 5.65 Å². The highest BCUT2D eigenvalue weighted by molar-refractivity contribution is 6.14. The van der Waals surface area contributed by atoms with Crippen molar-refractivity contribution in [2.45, 2.75) is 0 Å². The fourth-order valence-electron chi connectivity index (χ4n) is 6.34. The molecule has 0 aliphatic rings. The van der Waals surface area contributed by atoms with Crippen molar-refractivity contribution in [1.29, 1.82) is 0 Å². The molecule has 0 bridgehead atoms. The van der Waals surface area contributed by atoms with E-state index in [9.17, 15) is 0 Å². The number of hydrogen-bond acceptors (Lipinski definition) is 4. The minimum atomic E-state index is 0.627. The number of imidazole rings is 1. The largest absolute Gasteiger partial charge is 0.292 e. The Kier molecular flexibility index (Phi) is 5.74. The molecular weight excluding hydrogens is 550 g/mol. The summed E-state index contributed by atoms with van der Waals surface area (Å²) in [7, 11) is 0. The van der Waals surface area contributed by atoms with Gasteiger partial charge in [0.05, 0.1) is 16.7 Å². The monoisotopic (exact) mass is 575 g/mol. The van der Waals surface area contributed by atoms with Crippen LogP contribution in [0.4, 0.5) is 0 Å². The normalized spacial score (nSPS) is 11.6. The molecule has 0 radical (unpaired) electrons. The van der Waals surface area contributed by atoms with Crippen molar-refractivity contribution >= 4 is 27.5 Å². The van der Waals surface area contributed by atoms with Crippen LogP contribution in [0.5, 0.6) is 0 Å². The molecule has 210 valence electrons. The number of nitrogens with zero attached hydrogens (tertiary/aromatic N) is 5. The lowest BCUT2D eigenvalue weighted by Gasteiger charge is -2.12. The molecule has 4 heterocycles. The first kappa shape index (κ1) is 25.3. The van der Waals surface area contributed by atoms with Gasteiger partial charge >= 0.3 is 0 Å². The number of benzene rings is 5. The molecule has 5 heteroatoms. The van der Waals surface area contributed by atoms with Crippen molar-refractivity contribution in [1.82, 2.24) is 24.3 Å². The summed E-state index contributed by atoms with van der Waals surface area (Å²) in [5, 5.41) is 2.29. The van der Waals surface area contributed by atoms with Crippen LogP contribution in [0.3, 0.4) is 0 Å². The van der Waals surface area contributed by atoms with E-state index in [2.05, 4.69) is 108 Å². The standard InChI is InChI=1S/C40H25N5/c1-4-13-26(14-5-1)30-19-10-11-20-32(30)40-43-38(28-17-8-3-9-18-28)42-39(44-40)29-23-24-31-33(25-29)37-36(27-15-6-2-7-16-27)41-35-22-12-21-34(31)45(35)37/h1-25H. The molecule has 0 amide bonds. The van der Waals surface area contributed by atoms with Crippen LogP contribution in [0.1, 0.15) is 0 Å². The quantitative estimate of drug-likeness (QED) is 0.205. The first-order valence-corrected chi connectivity index (χ1v) is 15.0. The summed E-state index contributed by atoms with van der Waals surface area (Å²) in [4.78, 5) is 20.3. The summed E-state index contributed by atoms with van der Waals surface area (Å²) in [6, 6.07) is 52.0. The summed E-state index contributed by atoms with van der Waals surface area (Å²) in [5.41, 5.74) is 10.2. The van der Waals surface area contributed by atoms with Gasteiger partial charge in [-0.05, 0) is 29.3 Å². The highest BCUT2D eigenvalue weighted by Gasteiger charge is 2.21. The third kappa shape index (κ3) is 4.17. The molecule has 45 heavy (non-hydrogen) atoms. The molecule has 0 fully saturated rings. The number of hydrogen-bond donors (Lipinski definition) is 0. The maximum atomic E-state index is 5.13. The summed E-state index contributed by atoms with van der Waals surface area (Å²) < 4.78 is 2.26. The van der Waals surface area contributed by atoms with Crippen LogP contribution in [0.2, 0.25) is 0 Å². The Morgan fingerprint density at radius 1 is 0.378 bits per heavy atom. The minimum Gasteiger partial charge on any atom is -0.292 e. The Morgan fingerprint density at radius 2 is 0.978 bits per heavy atom. The summed E-state index contributed by atoms with van der Waals surface area (Å²) in [6.07, 6.45) is 0. The average molecular weight is 576 g/mol. The SMILES string of the molecule is c1ccc(-c2nc(-c3ccc4c(c3)c3c(-c5ccccc5)nc5cccc4n53)nc(-c3ccccc3-c3ccccc3)n2)cc1. The van der Waals surface area contributed by atoms with E-state index < -0.39 is 0 Å². The van der Waals surface area contributed by atoms with Crippen molar-refractivity contribution in [2.75, 3.05) is 0 Å². The smallest absolute Gasteiger partial charge is 0.164 e. The highest BCUT2D eigenvalue weighted by Crippen LogP contribution is 2.39. The van der Waals surface area contributed by atoms with Crippen molar-refractivity contribution in [3.63, 3.8) is 0 Å². The van der Waals surface area contributed by atoms with E-state index in [4.69, 9.17) is 19.9 Å². The van der Waals surface area contributed by atoms with Crippen LogP contribution in [0.25, 0.3) is 84.0 Å². The fourth-order valence-corrected chi connectivity index (χ4v) is 6.34. The molecule has 0 saturated carbocycles. The van der Waals surface area contributed by atoms with E-state index in [1.807, 2.05) is 48.5 Å². The van der Waals surface area contributed by atoms with E-state index >= 15 is 0 Å². The van der Waals surface area contributed by atoms with Crippen LogP contribution in [-0.2, 0) is 0 Å². The molecule has 5 aromatic carbocycles. The molecule has 9 rings (SSSR count). The van der Waals surface area contributed by atoms with Gasteiger partial charge in [-0.15, -0.1) is 0 Å². The molecule has 0 N–H and O–H groups in total. The van der Waals surface area contributed by atoms with Gasteiger partial charge in [-0.1, -0.05) is 133 Å². The Balaban J connectivity index is 1.30. The summed E-state index contributed by atoms with van der Waals surface area (Å²) >= 11 is 0. The van der Waals surface area contributed by atoms with Crippen LogP contribution in [0.15, 0.2) is 152 Å². The van der Waals surface area contributed by atoms with Crippen molar-refractivity contribution < 1.29 is 0 Å². The zero-order valence-electron chi connectivity index (χ0n) is 24.2. The molecule has 4 aromatic heterocycles. The number of rotatable bonds is 5.